The predicted octanol–water partition coefficient (Wildman–Crippen LogP) is 0.797. The van der Waals surface area contributed by atoms with E-state index in [1.165, 1.54) is 0 Å². The van der Waals surface area contributed by atoms with E-state index >= 15 is 0 Å². The van der Waals surface area contributed by atoms with Crippen LogP contribution in [0.1, 0.15) is 26.7 Å². The molecule has 2 aliphatic rings. The number of aliphatic hydroxyl groups excluding tert-OH is 2. The third-order valence-corrected chi connectivity index (χ3v) is 6.45. The van der Waals surface area contributed by atoms with Crippen LogP contribution in [-0.4, -0.2) is 81.9 Å². The summed E-state index contributed by atoms with van der Waals surface area (Å²) in [5.41, 5.74) is -0.941. The maximum absolute atomic E-state index is 12.8. The third kappa shape index (κ3) is 5.34. The fourth-order valence-electron chi connectivity index (χ4n) is 3.76. The maximum Gasteiger partial charge on any atom is 0.327 e. The van der Waals surface area contributed by atoms with Crippen LogP contribution in [0, 0.1) is 5.92 Å². The number of halogens is 1. The number of likely N-dealkylation sites (N-methyl/N-ethyl adjacent to an activating group) is 1. The number of alkyl halides is 1. The smallest absolute Gasteiger partial charge is 0.327 e. The molecule has 0 aromatic rings. The largest absolute Gasteiger partial charge is 0.388 e. The van der Waals surface area contributed by atoms with Gasteiger partial charge in [0.05, 0.1) is 17.5 Å². The molecular formula is C16H28ClN2O6PS. The highest BCUT2D eigenvalue weighted by Crippen LogP contribution is 2.31. The number of nitrogens with zero attached hydrogens (tertiary/aromatic N) is 1. The lowest BCUT2D eigenvalue weighted by Gasteiger charge is -2.43. The van der Waals surface area contributed by atoms with Crippen molar-refractivity contribution in [3.8, 4) is 0 Å². The number of carbonyl (C=O) groups is 1. The van der Waals surface area contributed by atoms with Gasteiger partial charge in [-0.15, -0.1) is 24.2 Å². The molecule has 1 amide bonds. The Bertz CT molecular complexity index is 533. The second-order valence-electron chi connectivity index (χ2n) is 7.29. The van der Waals surface area contributed by atoms with E-state index in [-0.39, 0.29) is 11.9 Å². The van der Waals surface area contributed by atoms with E-state index in [1.807, 2.05) is 11.9 Å². The number of amides is 1. The Morgan fingerprint density at radius 2 is 2.15 bits per heavy atom. The highest BCUT2D eigenvalue weighted by atomic mass is 35.5. The molecule has 2 fully saturated rings. The van der Waals surface area contributed by atoms with Crippen molar-refractivity contribution >= 4 is 38.8 Å². The molecule has 8 nitrogen and oxygen atoms in total. The number of carbonyl (C=O) groups excluding carboxylic acids is 1. The molecule has 3 N–H and O–H groups in total. The molecular weight excluding hydrogens is 415 g/mol. The minimum Gasteiger partial charge on any atom is -0.388 e. The topological polar surface area (TPSA) is 108 Å². The molecule has 0 saturated carbocycles. The van der Waals surface area contributed by atoms with Gasteiger partial charge in [-0.2, -0.15) is 0 Å². The summed E-state index contributed by atoms with van der Waals surface area (Å²) in [6.07, 6.45) is -3.09. The normalized spacial score (nSPS) is 40.0. The standard InChI is InChI=1S/C16H28ClN2O6PS/c1-4-8-5-9(19(3)6-8)15(22)18-10(7(2)17)13-11(20)12(21)14(25-26-23)16(27)24-13/h7-14,16,20-21,27H,4-6H2,1-3H3,(H,18,22)/t7-,8+,9+,10+,11+,12-,13+,14+,16+/m0/s1. The fourth-order valence-corrected chi connectivity index (χ4v) is 4.78. The lowest BCUT2D eigenvalue weighted by Crippen LogP contribution is -2.65. The minimum absolute atomic E-state index is 0.191. The van der Waals surface area contributed by atoms with Gasteiger partial charge in [-0.3, -0.25) is 14.2 Å². The van der Waals surface area contributed by atoms with Gasteiger partial charge < -0.3 is 20.3 Å². The van der Waals surface area contributed by atoms with Gasteiger partial charge in [0, 0.05) is 6.54 Å². The second-order valence-corrected chi connectivity index (χ2v) is 8.85. The minimum atomic E-state index is -1.39. The Morgan fingerprint density at radius 1 is 1.48 bits per heavy atom. The van der Waals surface area contributed by atoms with Crippen molar-refractivity contribution in [3.63, 3.8) is 0 Å². The Kier molecular flexibility index (Phi) is 8.77. The number of ether oxygens (including phenoxy) is 1. The van der Waals surface area contributed by atoms with E-state index in [9.17, 15) is 19.6 Å². The molecule has 0 radical (unpaired) electrons. The van der Waals surface area contributed by atoms with Crippen LogP contribution in [0.3, 0.4) is 0 Å². The fraction of sp³-hybridized carbons (Fsp3) is 0.938. The number of rotatable bonds is 7. The summed E-state index contributed by atoms with van der Waals surface area (Å²) in [4.78, 5) is 14.8. The van der Waals surface area contributed by atoms with E-state index in [0.717, 1.165) is 19.4 Å². The average molecular weight is 443 g/mol. The van der Waals surface area contributed by atoms with E-state index in [0.29, 0.717) is 5.92 Å². The summed E-state index contributed by atoms with van der Waals surface area (Å²) in [5.74, 6) is 0.269. The van der Waals surface area contributed by atoms with E-state index in [2.05, 4.69) is 24.9 Å². The van der Waals surface area contributed by atoms with Gasteiger partial charge in [-0.25, -0.2) is 4.57 Å². The van der Waals surface area contributed by atoms with E-state index in [1.54, 1.807) is 6.92 Å². The molecule has 0 bridgehead atoms. The number of likely N-dealkylation sites (tertiary alicyclic amines) is 1. The zero-order valence-corrected chi connectivity index (χ0v) is 18.1. The molecule has 2 heterocycles. The summed E-state index contributed by atoms with van der Waals surface area (Å²) in [6.45, 7) is 4.63. The zero-order valence-electron chi connectivity index (χ0n) is 15.6. The molecule has 0 aromatic carbocycles. The van der Waals surface area contributed by atoms with E-state index < -0.39 is 50.0 Å². The average Bonchev–Trinajstić information content (AvgIpc) is 3.00. The molecule has 156 valence electrons. The Labute approximate surface area is 171 Å². The zero-order chi connectivity index (χ0) is 20.3. The van der Waals surface area contributed by atoms with Gasteiger partial charge in [-0.1, -0.05) is 13.3 Å². The summed E-state index contributed by atoms with van der Waals surface area (Å²) < 4.78 is 21.2. The summed E-state index contributed by atoms with van der Waals surface area (Å²) in [6, 6.07) is -1.03. The number of hydrogen-bond donors (Lipinski definition) is 4. The molecule has 2 saturated heterocycles. The van der Waals surface area contributed by atoms with Crippen LogP contribution in [0.4, 0.5) is 0 Å². The number of aliphatic hydroxyl groups is 2. The van der Waals surface area contributed by atoms with Gasteiger partial charge in [0.15, 0.2) is 0 Å². The van der Waals surface area contributed by atoms with Crippen molar-refractivity contribution < 1.29 is 28.8 Å². The lowest BCUT2D eigenvalue weighted by molar-refractivity contribution is -0.196. The SMILES string of the molecule is CC[C@@H]1C[C@H](C(=O)N[C@@H]([C@H]2O[C@H](S)[C@H](OP=O)[C@@H](O)[C@H]2O)[C@H](C)Cl)N(C)C1. The number of nitrogens with one attached hydrogen (secondary N) is 1. The third-order valence-electron chi connectivity index (χ3n) is 5.44. The molecule has 0 unspecified atom stereocenters. The van der Waals surface area contributed by atoms with Gasteiger partial charge in [0.25, 0.3) is 0 Å². The van der Waals surface area contributed by atoms with Crippen molar-refractivity contribution in [1.82, 2.24) is 10.2 Å². The van der Waals surface area contributed by atoms with Crippen LogP contribution in [0.2, 0.25) is 0 Å². The number of hydrogen-bond acceptors (Lipinski definition) is 8. The number of thiol groups is 1. The van der Waals surface area contributed by atoms with Gasteiger partial charge >= 0.3 is 8.69 Å². The van der Waals surface area contributed by atoms with Crippen molar-refractivity contribution in [1.29, 1.82) is 0 Å². The van der Waals surface area contributed by atoms with Crippen LogP contribution in [0.15, 0.2) is 0 Å². The molecule has 11 heteroatoms. The Balaban J connectivity index is 2.10. The Morgan fingerprint density at radius 3 is 2.67 bits per heavy atom. The van der Waals surface area contributed by atoms with Gasteiger partial charge in [0.1, 0.15) is 29.9 Å². The summed E-state index contributed by atoms with van der Waals surface area (Å²) >= 11 is 10.5. The van der Waals surface area contributed by atoms with Crippen LogP contribution in [-0.2, 0) is 18.6 Å². The molecule has 0 aliphatic carbocycles. The first-order chi connectivity index (χ1) is 12.7. The molecule has 0 aromatic heterocycles. The molecule has 27 heavy (non-hydrogen) atoms. The molecule has 9 atom stereocenters. The lowest BCUT2D eigenvalue weighted by atomic mass is 9.92. The van der Waals surface area contributed by atoms with Crippen molar-refractivity contribution in [3.05, 3.63) is 0 Å². The monoisotopic (exact) mass is 442 g/mol. The highest BCUT2D eigenvalue weighted by molar-refractivity contribution is 7.80. The van der Waals surface area contributed by atoms with Crippen LogP contribution in [0.25, 0.3) is 0 Å². The van der Waals surface area contributed by atoms with Gasteiger partial charge in [-0.05, 0) is 26.3 Å². The van der Waals surface area contributed by atoms with Crippen molar-refractivity contribution in [2.75, 3.05) is 13.6 Å². The molecule has 0 spiro atoms. The maximum atomic E-state index is 12.8. The van der Waals surface area contributed by atoms with Gasteiger partial charge in [0.2, 0.25) is 5.91 Å². The van der Waals surface area contributed by atoms with Crippen LogP contribution in [0.5, 0.6) is 0 Å². The summed E-state index contributed by atoms with van der Waals surface area (Å²) in [7, 11) is 1.25. The molecule has 2 rings (SSSR count). The highest BCUT2D eigenvalue weighted by Gasteiger charge is 2.49. The second kappa shape index (κ2) is 10.2. The quantitative estimate of drug-likeness (QED) is 0.262. The first-order valence-electron chi connectivity index (χ1n) is 9.04. The predicted molar refractivity (Wildman–Crippen MR) is 104 cm³/mol. The first kappa shape index (κ1) is 23.3. The molecule has 2 aliphatic heterocycles. The summed E-state index contributed by atoms with van der Waals surface area (Å²) in [5, 5.41) is 23.0. The van der Waals surface area contributed by atoms with Crippen LogP contribution >= 0.6 is 32.9 Å². The van der Waals surface area contributed by atoms with Crippen LogP contribution < -0.4 is 5.32 Å². The Hall–Kier alpha value is 0.01000. The first-order valence-corrected chi connectivity index (χ1v) is 10.7. The van der Waals surface area contributed by atoms with Crippen molar-refractivity contribution in [2.24, 2.45) is 5.92 Å². The van der Waals surface area contributed by atoms with Crippen molar-refractivity contribution in [2.45, 2.75) is 74.0 Å². The van der Waals surface area contributed by atoms with E-state index in [4.69, 9.17) is 20.9 Å².